The molecule has 0 aliphatic carbocycles. The summed E-state index contributed by atoms with van der Waals surface area (Å²) in [6.45, 7) is 0. The monoisotopic (exact) mass is 214 g/mol. The summed E-state index contributed by atoms with van der Waals surface area (Å²) in [4.78, 5) is 10.00. The predicted molar refractivity (Wildman–Crippen MR) is 66.2 cm³/mol. The molecule has 1 heterocycles. The van der Waals surface area contributed by atoms with Crippen LogP contribution in [0.3, 0.4) is 0 Å². The summed E-state index contributed by atoms with van der Waals surface area (Å²) in [5.41, 5.74) is 8.67. The average Bonchev–Trinajstić information content (AvgIpc) is 2.30. The first-order valence-electron chi connectivity index (χ1n) is 5.02. The molecular weight excluding hydrogens is 200 g/mol. The van der Waals surface area contributed by atoms with E-state index in [-0.39, 0.29) is 0 Å². The van der Waals surface area contributed by atoms with Crippen molar-refractivity contribution in [3.8, 4) is 11.1 Å². The van der Waals surface area contributed by atoms with Crippen molar-refractivity contribution in [2.45, 2.75) is 0 Å². The largest absolute Gasteiger partial charge is 0.378 e. The Bertz CT molecular complexity index is 459. The Kier molecular flexibility index (Phi) is 2.72. The van der Waals surface area contributed by atoms with Crippen LogP contribution in [-0.2, 0) is 0 Å². The van der Waals surface area contributed by atoms with E-state index in [4.69, 9.17) is 5.73 Å². The smallest absolute Gasteiger partial charge is 0.219 e. The Balaban J connectivity index is 2.31. The van der Waals surface area contributed by atoms with Crippen LogP contribution in [0, 0.1) is 0 Å². The summed E-state index contributed by atoms with van der Waals surface area (Å²) < 4.78 is 0. The molecule has 0 unspecified atom stereocenters. The number of rotatable bonds is 2. The van der Waals surface area contributed by atoms with Gasteiger partial charge < -0.3 is 10.6 Å². The molecular formula is C12H14N4. The van der Waals surface area contributed by atoms with Gasteiger partial charge in [0.2, 0.25) is 5.95 Å². The van der Waals surface area contributed by atoms with Crippen LogP contribution in [0.4, 0.5) is 11.6 Å². The number of hydrogen-bond donors (Lipinski definition) is 1. The van der Waals surface area contributed by atoms with E-state index >= 15 is 0 Å². The third-order valence-electron chi connectivity index (χ3n) is 2.39. The van der Waals surface area contributed by atoms with Crippen molar-refractivity contribution in [2.24, 2.45) is 0 Å². The van der Waals surface area contributed by atoms with Gasteiger partial charge >= 0.3 is 0 Å². The normalized spacial score (nSPS) is 10.1. The SMILES string of the molecule is CN(C)c1ccc(-c2cnc(N)nc2)cc1. The minimum absolute atomic E-state index is 0.300. The van der Waals surface area contributed by atoms with E-state index in [0.29, 0.717) is 5.95 Å². The number of nitrogen functional groups attached to an aromatic ring is 1. The van der Waals surface area contributed by atoms with Gasteiger partial charge in [-0.25, -0.2) is 9.97 Å². The van der Waals surface area contributed by atoms with Crippen LogP contribution in [0.2, 0.25) is 0 Å². The van der Waals surface area contributed by atoms with Crippen LogP contribution in [0.25, 0.3) is 11.1 Å². The lowest BCUT2D eigenvalue weighted by Crippen LogP contribution is -2.07. The highest BCUT2D eigenvalue weighted by molar-refractivity contribution is 5.65. The molecule has 1 aromatic carbocycles. The van der Waals surface area contributed by atoms with Gasteiger partial charge in [0, 0.05) is 37.7 Å². The lowest BCUT2D eigenvalue weighted by Gasteiger charge is -2.12. The number of hydrogen-bond acceptors (Lipinski definition) is 4. The van der Waals surface area contributed by atoms with E-state index in [1.54, 1.807) is 12.4 Å². The van der Waals surface area contributed by atoms with Gasteiger partial charge in [-0.1, -0.05) is 12.1 Å². The minimum atomic E-state index is 0.300. The molecule has 0 bridgehead atoms. The summed E-state index contributed by atoms with van der Waals surface area (Å²) in [6.07, 6.45) is 3.46. The van der Waals surface area contributed by atoms with Crippen LogP contribution < -0.4 is 10.6 Å². The maximum Gasteiger partial charge on any atom is 0.219 e. The molecule has 0 saturated heterocycles. The van der Waals surface area contributed by atoms with Gasteiger partial charge in [-0.3, -0.25) is 0 Å². The molecule has 2 aromatic rings. The van der Waals surface area contributed by atoms with Crippen LogP contribution >= 0.6 is 0 Å². The zero-order valence-electron chi connectivity index (χ0n) is 9.38. The van der Waals surface area contributed by atoms with Crippen LogP contribution in [0.1, 0.15) is 0 Å². The van der Waals surface area contributed by atoms with E-state index in [1.807, 2.05) is 26.2 Å². The number of anilines is 2. The highest BCUT2D eigenvalue weighted by atomic mass is 15.1. The second-order valence-electron chi connectivity index (χ2n) is 3.77. The zero-order chi connectivity index (χ0) is 11.5. The van der Waals surface area contributed by atoms with E-state index in [0.717, 1.165) is 11.1 Å². The Hall–Kier alpha value is -2.10. The maximum absolute atomic E-state index is 5.44. The molecule has 1 aromatic heterocycles. The molecule has 4 nitrogen and oxygen atoms in total. The van der Waals surface area contributed by atoms with Gasteiger partial charge in [-0.05, 0) is 17.7 Å². The van der Waals surface area contributed by atoms with Crippen LogP contribution in [0.5, 0.6) is 0 Å². The molecule has 16 heavy (non-hydrogen) atoms. The molecule has 0 amide bonds. The van der Waals surface area contributed by atoms with Crippen molar-refractivity contribution in [1.29, 1.82) is 0 Å². The molecule has 2 N–H and O–H groups in total. The average molecular weight is 214 g/mol. The highest BCUT2D eigenvalue weighted by Gasteiger charge is 2.00. The van der Waals surface area contributed by atoms with Gasteiger partial charge in [0.25, 0.3) is 0 Å². The molecule has 82 valence electrons. The number of aromatic nitrogens is 2. The summed E-state index contributed by atoms with van der Waals surface area (Å²) in [7, 11) is 4.03. The van der Waals surface area contributed by atoms with Gasteiger partial charge in [0.1, 0.15) is 0 Å². The first-order valence-corrected chi connectivity index (χ1v) is 5.02. The van der Waals surface area contributed by atoms with Crippen molar-refractivity contribution in [2.75, 3.05) is 24.7 Å². The van der Waals surface area contributed by atoms with Crippen LogP contribution in [0.15, 0.2) is 36.7 Å². The molecule has 0 aliphatic rings. The number of nitrogens with zero attached hydrogens (tertiary/aromatic N) is 3. The third kappa shape index (κ3) is 2.11. The fourth-order valence-corrected chi connectivity index (χ4v) is 1.44. The molecule has 0 fully saturated rings. The van der Waals surface area contributed by atoms with Gasteiger partial charge in [0.15, 0.2) is 0 Å². The fraction of sp³-hybridized carbons (Fsp3) is 0.167. The van der Waals surface area contributed by atoms with E-state index in [1.165, 1.54) is 5.69 Å². The summed E-state index contributed by atoms with van der Waals surface area (Å²) in [5, 5.41) is 0. The second-order valence-corrected chi connectivity index (χ2v) is 3.77. The van der Waals surface area contributed by atoms with E-state index in [9.17, 15) is 0 Å². The Morgan fingerprint density at radius 2 is 1.50 bits per heavy atom. The minimum Gasteiger partial charge on any atom is -0.378 e. The highest BCUT2D eigenvalue weighted by Crippen LogP contribution is 2.21. The Morgan fingerprint density at radius 1 is 0.938 bits per heavy atom. The molecule has 2 rings (SSSR count). The summed E-state index contributed by atoms with van der Waals surface area (Å²) in [5.74, 6) is 0.300. The molecule has 0 saturated carbocycles. The van der Waals surface area contributed by atoms with Crippen molar-refractivity contribution < 1.29 is 0 Å². The second kappa shape index (κ2) is 4.18. The lowest BCUT2D eigenvalue weighted by atomic mass is 10.1. The summed E-state index contributed by atoms with van der Waals surface area (Å²) in [6, 6.07) is 8.21. The van der Waals surface area contributed by atoms with Gasteiger partial charge in [-0.2, -0.15) is 0 Å². The van der Waals surface area contributed by atoms with Gasteiger partial charge in [-0.15, -0.1) is 0 Å². The zero-order valence-corrected chi connectivity index (χ0v) is 9.38. The number of nitrogens with two attached hydrogens (primary N) is 1. The predicted octanol–water partition coefficient (Wildman–Crippen LogP) is 1.79. The summed E-state index contributed by atoms with van der Waals surface area (Å²) >= 11 is 0. The molecule has 0 atom stereocenters. The molecule has 0 aliphatic heterocycles. The molecule has 4 heteroatoms. The number of benzene rings is 1. The van der Waals surface area contributed by atoms with Crippen molar-refractivity contribution in [1.82, 2.24) is 9.97 Å². The van der Waals surface area contributed by atoms with Crippen LogP contribution in [-0.4, -0.2) is 24.1 Å². The first-order chi connectivity index (χ1) is 7.66. The fourth-order valence-electron chi connectivity index (χ4n) is 1.44. The Labute approximate surface area is 94.8 Å². The molecule has 0 spiro atoms. The van der Waals surface area contributed by atoms with Crippen molar-refractivity contribution >= 4 is 11.6 Å². The quantitative estimate of drug-likeness (QED) is 0.828. The standard InChI is InChI=1S/C12H14N4/c1-16(2)11-5-3-9(4-6-11)10-7-14-12(13)15-8-10/h3-8H,1-2H3,(H2,13,14,15). The van der Waals surface area contributed by atoms with Crippen molar-refractivity contribution in [3.63, 3.8) is 0 Å². The van der Waals surface area contributed by atoms with E-state index in [2.05, 4.69) is 27.0 Å². The van der Waals surface area contributed by atoms with Crippen molar-refractivity contribution in [3.05, 3.63) is 36.7 Å². The first kappa shape index (κ1) is 10.4. The lowest BCUT2D eigenvalue weighted by molar-refractivity contribution is 1.13. The molecule has 0 radical (unpaired) electrons. The topological polar surface area (TPSA) is 55.0 Å². The van der Waals surface area contributed by atoms with E-state index < -0.39 is 0 Å². The maximum atomic E-state index is 5.44. The van der Waals surface area contributed by atoms with Gasteiger partial charge in [0.05, 0.1) is 0 Å². The third-order valence-corrected chi connectivity index (χ3v) is 2.39. The Morgan fingerprint density at radius 3 is 2.00 bits per heavy atom.